The molecule has 1 fully saturated rings. The highest BCUT2D eigenvalue weighted by Crippen LogP contribution is 2.34. The van der Waals surface area contributed by atoms with E-state index >= 15 is 0 Å². The second kappa shape index (κ2) is 6.25. The van der Waals surface area contributed by atoms with Crippen LogP contribution in [0, 0.1) is 5.92 Å². The van der Waals surface area contributed by atoms with Gasteiger partial charge in [-0.1, -0.05) is 24.3 Å². The Hall–Kier alpha value is -0.900. The molecule has 1 aliphatic heterocycles. The first kappa shape index (κ1) is 14.1. The molecule has 0 saturated carbocycles. The maximum Gasteiger partial charge on any atom is 0.0947 e. The first-order valence-electron chi connectivity index (χ1n) is 7.78. The molecule has 2 unspecified atom stereocenters. The van der Waals surface area contributed by atoms with Crippen molar-refractivity contribution in [1.29, 1.82) is 0 Å². The van der Waals surface area contributed by atoms with Crippen molar-refractivity contribution in [3.63, 3.8) is 0 Å². The van der Waals surface area contributed by atoms with E-state index in [9.17, 15) is 5.11 Å². The molecule has 1 N–H and O–H groups in total. The third-order valence-corrected chi connectivity index (χ3v) is 4.97. The van der Waals surface area contributed by atoms with Crippen molar-refractivity contribution in [3.05, 3.63) is 35.4 Å². The molecule has 20 heavy (non-hydrogen) atoms. The van der Waals surface area contributed by atoms with Crippen LogP contribution in [0.4, 0.5) is 0 Å². The van der Waals surface area contributed by atoms with Gasteiger partial charge in [0.1, 0.15) is 0 Å². The van der Waals surface area contributed by atoms with Gasteiger partial charge in [-0.25, -0.2) is 0 Å². The fourth-order valence-corrected chi connectivity index (χ4v) is 3.79. The van der Waals surface area contributed by atoms with Crippen LogP contribution in [0.1, 0.15) is 36.5 Å². The molecule has 0 amide bonds. The number of hydrogen-bond donors (Lipinski definition) is 1. The van der Waals surface area contributed by atoms with Gasteiger partial charge in [0.2, 0.25) is 0 Å². The van der Waals surface area contributed by atoms with Gasteiger partial charge in [0.15, 0.2) is 0 Å². The van der Waals surface area contributed by atoms with Crippen molar-refractivity contribution in [1.82, 2.24) is 4.90 Å². The summed E-state index contributed by atoms with van der Waals surface area (Å²) in [4.78, 5) is 2.49. The van der Waals surface area contributed by atoms with E-state index in [2.05, 4.69) is 23.1 Å². The molecule has 1 saturated heterocycles. The molecule has 3 rings (SSSR count). The maximum atomic E-state index is 10.7. The number of likely N-dealkylation sites (tertiary alicyclic amines) is 1. The van der Waals surface area contributed by atoms with Crippen molar-refractivity contribution >= 4 is 0 Å². The lowest BCUT2D eigenvalue weighted by Crippen LogP contribution is -2.46. The van der Waals surface area contributed by atoms with Gasteiger partial charge in [0, 0.05) is 19.8 Å². The van der Waals surface area contributed by atoms with E-state index in [0.717, 1.165) is 38.1 Å². The van der Waals surface area contributed by atoms with Crippen LogP contribution in [0.25, 0.3) is 0 Å². The van der Waals surface area contributed by atoms with Gasteiger partial charge < -0.3 is 9.84 Å². The topological polar surface area (TPSA) is 32.7 Å². The lowest BCUT2D eigenvalue weighted by Gasteiger charge is -2.42. The lowest BCUT2D eigenvalue weighted by molar-refractivity contribution is 0.00840. The number of aliphatic hydroxyl groups excluding tert-OH is 1. The number of methoxy groups -OCH3 is 1. The molecule has 0 bridgehead atoms. The average Bonchev–Trinajstić information content (AvgIpc) is 2.49. The number of rotatable bonds is 3. The van der Waals surface area contributed by atoms with Crippen LogP contribution in [-0.4, -0.2) is 42.9 Å². The van der Waals surface area contributed by atoms with E-state index < -0.39 is 0 Å². The van der Waals surface area contributed by atoms with Gasteiger partial charge in [-0.3, -0.25) is 4.90 Å². The fraction of sp³-hybridized carbons (Fsp3) is 0.647. The van der Waals surface area contributed by atoms with Gasteiger partial charge in [0.25, 0.3) is 0 Å². The Bertz CT molecular complexity index is 440. The van der Waals surface area contributed by atoms with Crippen molar-refractivity contribution in [2.24, 2.45) is 5.92 Å². The Morgan fingerprint density at radius 1 is 1.20 bits per heavy atom. The summed E-state index contributed by atoms with van der Waals surface area (Å²) < 4.78 is 5.26. The Kier molecular flexibility index (Phi) is 4.39. The summed E-state index contributed by atoms with van der Waals surface area (Å²) in [5.74, 6) is 0.698. The third kappa shape index (κ3) is 2.76. The minimum atomic E-state index is -0.320. The van der Waals surface area contributed by atoms with Gasteiger partial charge >= 0.3 is 0 Å². The van der Waals surface area contributed by atoms with Crippen LogP contribution in [0.5, 0.6) is 0 Å². The van der Waals surface area contributed by atoms with E-state index in [1.165, 1.54) is 18.4 Å². The molecule has 0 radical (unpaired) electrons. The number of hydrogen-bond acceptors (Lipinski definition) is 3. The average molecular weight is 275 g/mol. The summed E-state index contributed by atoms with van der Waals surface area (Å²) in [7, 11) is 1.79. The van der Waals surface area contributed by atoms with E-state index in [1.54, 1.807) is 7.11 Å². The second-order valence-corrected chi connectivity index (χ2v) is 6.18. The first-order valence-corrected chi connectivity index (χ1v) is 7.78. The number of ether oxygens (including phenoxy) is 1. The highest BCUT2D eigenvalue weighted by Gasteiger charge is 2.33. The molecular weight excluding hydrogens is 250 g/mol. The highest BCUT2D eigenvalue weighted by molar-refractivity contribution is 5.32. The number of nitrogens with zero attached hydrogens (tertiary/aromatic N) is 1. The fourth-order valence-electron chi connectivity index (χ4n) is 3.79. The molecule has 3 nitrogen and oxygen atoms in total. The number of aliphatic hydroxyl groups is 1. The molecule has 0 aromatic heterocycles. The smallest absolute Gasteiger partial charge is 0.0947 e. The summed E-state index contributed by atoms with van der Waals surface area (Å²) in [5, 5.41) is 10.7. The van der Waals surface area contributed by atoms with Gasteiger partial charge in [-0.05, 0) is 55.8 Å². The van der Waals surface area contributed by atoms with Crippen LogP contribution in [0.3, 0.4) is 0 Å². The number of benzene rings is 1. The van der Waals surface area contributed by atoms with Crippen LogP contribution in [0.2, 0.25) is 0 Å². The lowest BCUT2D eigenvalue weighted by atomic mass is 9.84. The Morgan fingerprint density at radius 3 is 2.70 bits per heavy atom. The normalized spacial score (nSPS) is 28.3. The molecule has 0 spiro atoms. The zero-order valence-electron chi connectivity index (χ0n) is 12.3. The molecule has 1 aromatic carbocycles. The first-order chi connectivity index (χ1) is 9.79. The molecule has 110 valence electrons. The van der Waals surface area contributed by atoms with Crippen molar-refractivity contribution in [2.45, 2.75) is 37.8 Å². The van der Waals surface area contributed by atoms with E-state index in [4.69, 9.17) is 4.74 Å². The van der Waals surface area contributed by atoms with Crippen molar-refractivity contribution in [3.8, 4) is 0 Å². The number of piperidine rings is 1. The molecule has 1 heterocycles. The zero-order chi connectivity index (χ0) is 13.9. The van der Waals surface area contributed by atoms with Crippen LogP contribution in [0.15, 0.2) is 24.3 Å². The van der Waals surface area contributed by atoms with Crippen molar-refractivity contribution < 1.29 is 9.84 Å². The van der Waals surface area contributed by atoms with E-state index in [1.807, 2.05) is 6.07 Å². The van der Waals surface area contributed by atoms with E-state index in [-0.39, 0.29) is 6.10 Å². The minimum Gasteiger partial charge on any atom is -0.387 e. The SMILES string of the molecule is COCC1CCN(C2CCc3ccccc3C2O)CC1. The van der Waals surface area contributed by atoms with Crippen LogP contribution < -0.4 is 0 Å². The Morgan fingerprint density at radius 2 is 1.95 bits per heavy atom. The zero-order valence-corrected chi connectivity index (χ0v) is 12.3. The number of aryl methyl sites for hydroxylation is 1. The van der Waals surface area contributed by atoms with Crippen LogP contribution >= 0.6 is 0 Å². The van der Waals surface area contributed by atoms with Crippen molar-refractivity contribution in [2.75, 3.05) is 26.8 Å². The van der Waals surface area contributed by atoms with Gasteiger partial charge in [-0.2, -0.15) is 0 Å². The maximum absolute atomic E-state index is 10.7. The van der Waals surface area contributed by atoms with Gasteiger partial charge in [0.05, 0.1) is 6.10 Å². The molecule has 1 aliphatic carbocycles. The largest absolute Gasteiger partial charge is 0.387 e. The van der Waals surface area contributed by atoms with Gasteiger partial charge in [-0.15, -0.1) is 0 Å². The third-order valence-electron chi connectivity index (χ3n) is 4.97. The monoisotopic (exact) mass is 275 g/mol. The Balaban J connectivity index is 1.65. The second-order valence-electron chi connectivity index (χ2n) is 6.18. The summed E-state index contributed by atoms with van der Waals surface area (Å²) in [6.45, 7) is 3.07. The summed E-state index contributed by atoms with van der Waals surface area (Å²) in [6.07, 6.45) is 4.24. The summed E-state index contributed by atoms with van der Waals surface area (Å²) in [5.41, 5.74) is 2.47. The molecular formula is C17H25NO2. The molecule has 2 atom stereocenters. The predicted molar refractivity (Wildman–Crippen MR) is 79.7 cm³/mol. The summed E-state index contributed by atoms with van der Waals surface area (Å²) in [6, 6.07) is 8.65. The van der Waals surface area contributed by atoms with E-state index in [0.29, 0.717) is 12.0 Å². The summed E-state index contributed by atoms with van der Waals surface area (Å²) >= 11 is 0. The molecule has 2 aliphatic rings. The molecule has 3 heteroatoms. The Labute approximate surface area is 121 Å². The quantitative estimate of drug-likeness (QED) is 0.919. The standard InChI is InChI=1S/C17H25NO2/c1-20-12-13-8-10-18(11-9-13)16-7-6-14-4-2-3-5-15(14)17(16)19/h2-5,13,16-17,19H,6-12H2,1H3. The predicted octanol–water partition coefficient (Wildman–Crippen LogP) is 2.39. The van der Waals surface area contributed by atoms with Crippen LogP contribution in [-0.2, 0) is 11.2 Å². The molecule has 1 aromatic rings. The minimum absolute atomic E-state index is 0.299. The highest BCUT2D eigenvalue weighted by atomic mass is 16.5. The number of fused-ring (bicyclic) bond motifs is 1.